The van der Waals surface area contributed by atoms with Gasteiger partial charge in [-0.25, -0.2) is 4.79 Å². The highest BCUT2D eigenvalue weighted by atomic mass is 19.4. The molecule has 0 aliphatic carbocycles. The summed E-state index contributed by atoms with van der Waals surface area (Å²) < 4.78 is 41.5. The molecule has 0 aliphatic heterocycles. The highest BCUT2D eigenvalue weighted by Gasteiger charge is 2.30. The number of carbonyl (C=O) groups is 1. The largest absolute Gasteiger partial charge is 0.467 e. The predicted molar refractivity (Wildman–Crippen MR) is 61.1 cm³/mol. The number of ether oxygens (including phenoxy) is 1. The maximum absolute atomic E-state index is 12.3. The quantitative estimate of drug-likeness (QED) is 0.667. The summed E-state index contributed by atoms with van der Waals surface area (Å²) in [6.07, 6.45) is -3.07. The highest BCUT2D eigenvalue weighted by Crippen LogP contribution is 2.29. The molecule has 0 fully saturated rings. The molecule has 6 heteroatoms. The van der Waals surface area contributed by atoms with Crippen molar-refractivity contribution >= 4 is 11.7 Å². The monoisotopic (exact) mass is 259 g/mol. The van der Waals surface area contributed by atoms with Crippen molar-refractivity contribution in [1.82, 2.24) is 0 Å². The minimum Gasteiger partial charge on any atom is -0.467 e. The lowest BCUT2D eigenvalue weighted by Crippen LogP contribution is -2.28. The first-order chi connectivity index (χ1) is 8.38. The van der Waals surface area contributed by atoms with Crippen LogP contribution in [0.25, 0.3) is 0 Å². The molecule has 1 atom stereocenters. The number of rotatable bonds is 4. The Morgan fingerprint density at radius 2 is 1.94 bits per heavy atom. The maximum atomic E-state index is 12.3. The summed E-state index contributed by atoms with van der Waals surface area (Å²) in [4.78, 5) is 11.2. The molecule has 1 aromatic carbocycles. The second-order valence-electron chi connectivity index (χ2n) is 3.46. The zero-order valence-corrected chi connectivity index (χ0v) is 9.62. The van der Waals surface area contributed by atoms with E-state index in [4.69, 9.17) is 0 Å². The van der Waals surface area contributed by atoms with Crippen LogP contribution in [-0.4, -0.2) is 19.1 Å². The molecule has 0 aliphatic rings. The van der Waals surface area contributed by atoms with Gasteiger partial charge in [0.15, 0.2) is 0 Å². The molecule has 0 amide bonds. The standard InChI is InChI=1S/C12H12F3NO2/c1-3-10(11(17)18-2)16-9-6-4-8(5-7-9)12(13,14)15/h3-7,10,16H,1H2,2H3. The van der Waals surface area contributed by atoms with E-state index >= 15 is 0 Å². The van der Waals surface area contributed by atoms with E-state index < -0.39 is 23.8 Å². The Bertz CT molecular complexity index is 426. The van der Waals surface area contributed by atoms with Gasteiger partial charge in [-0.15, -0.1) is 6.58 Å². The molecule has 0 saturated heterocycles. The lowest BCUT2D eigenvalue weighted by atomic mass is 10.2. The van der Waals surface area contributed by atoms with Crippen molar-refractivity contribution in [2.45, 2.75) is 12.2 Å². The van der Waals surface area contributed by atoms with Crippen molar-refractivity contribution in [3.05, 3.63) is 42.5 Å². The molecular weight excluding hydrogens is 247 g/mol. The van der Waals surface area contributed by atoms with Crippen molar-refractivity contribution in [2.24, 2.45) is 0 Å². The molecule has 3 nitrogen and oxygen atoms in total. The third-order valence-electron chi connectivity index (χ3n) is 2.23. The molecule has 0 heterocycles. The van der Waals surface area contributed by atoms with Crippen LogP contribution in [0.4, 0.5) is 18.9 Å². The molecule has 0 aromatic heterocycles. The first-order valence-corrected chi connectivity index (χ1v) is 5.02. The van der Waals surface area contributed by atoms with Gasteiger partial charge >= 0.3 is 12.1 Å². The number of hydrogen-bond acceptors (Lipinski definition) is 3. The van der Waals surface area contributed by atoms with Crippen LogP contribution in [0.15, 0.2) is 36.9 Å². The minimum absolute atomic E-state index is 0.373. The minimum atomic E-state index is -4.38. The molecule has 1 unspecified atom stereocenters. The van der Waals surface area contributed by atoms with E-state index in [0.29, 0.717) is 5.69 Å². The normalized spacial score (nSPS) is 12.7. The van der Waals surface area contributed by atoms with Crippen LogP contribution in [0.3, 0.4) is 0 Å². The van der Waals surface area contributed by atoms with E-state index in [1.54, 1.807) is 0 Å². The second-order valence-corrected chi connectivity index (χ2v) is 3.46. The highest BCUT2D eigenvalue weighted by molar-refractivity contribution is 5.81. The molecule has 1 rings (SSSR count). The summed E-state index contributed by atoms with van der Waals surface area (Å²) >= 11 is 0. The summed E-state index contributed by atoms with van der Waals surface area (Å²) in [6, 6.07) is 3.54. The number of alkyl halides is 3. The van der Waals surface area contributed by atoms with Crippen LogP contribution >= 0.6 is 0 Å². The van der Waals surface area contributed by atoms with Gasteiger partial charge in [0.2, 0.25) is 0 Å². The Morgan fingerprint density at radius 1 is 1.39 bits per heavy atom. The number of esters is 1. The van der Waals surface area contributed by atoms with E-state index in [-0.39, 0.29) is 0 Å². The molecule has 1 N–H and O–H groups in total. The number of halogens is 3. The summed E-state index contributed by atoms with van der Waals surface area (Å²) in [7, 11) is 1.22. The van der Waals surface area contributed by atoms with E-state index in [1.165, 1.54) is 25.3 Å². The van der Waals surface area contributed by atoms with Gasteiger partial charge in [-0.1, -0.05) is 6.08 Å². The first-order valence-electron chi connectivity index (χ1n) is 5.02. The van der Waals surface area contributed by atoms with E-state index in [1.807, 2.05) is 0 Å². The third-order valence-corrected chi connectivity index (χ3v) is 2.23. The summed E-state index contributed by atoms with van der Waals surface area (Å²) in [5.74, 6) is -0.565. The Labute approximate surface area is 102 Å². The van der Waals surface area contributed by atoms with Gasteiger partial charge in [-0.05, 0) is 24.3 Å². The zero-order valence-electron chi connectivity index (χ0n) is 9.62. The average molecular weight is 259 g/mol. The van der Waals surface area contributed by atoms with E-state index in [9.17, 15) is 18.0 Å². The van der Waals surface area contributed by atoms with Gasteiger partial charge in [-0.2, -0.15) is 13.2 Å². The number of methoxy groups -OCH3 is 1. The van der Waals surface area contributed by atoms with Crippen molar-refractivity contribution < 1.29 is 22.7 Å². The molecule has 1 aromatic rings. The van der Waals surface area contributed by atoms with Crippen LogP contribution in [0.2, 0.25) is 0 Å². The van der Waals surface area contributed by atoms with Gasteiger partial charge in [0.1, 0.15) is 6.04 Å². The molecule has 0 saturated carbocycles. The lowest BCUT2D eigenvalue weighted by Gasteiger charge is -2.14. The number of benzene rings is 1. The zero-order chi connectivity index (χ0) is 13.8. The third kappa shape index (κ3) is 3.51. The van der Waals surface area contributed by atoms with Crippen molar-refractivity contribution in [3.63, 3.8) is 0 Å². The summed E-state index contributed by atoms with van der Waals surface area (Å²) in [5, 5.41) is 2.70. The molecule has 0 radical (unpaired) electrons. The fourth-order valence-electron chi connectivity index (χ4n) is 1.28. The fraction of sp³-hybridized carbons (Fsp3) is 0.250. The van der Waals surface area contributed by atoms with Crippen molar-refractivity contribution in [1.29, 1.82) is 0 Å². The van der Waals surface area contributed by atoms with E-state index in [2.05, 4.69) is 16.6 Å². The molecular formula is C12H12F3NO2. The van der Waals surface area contributed by atoms with Crippen molar-refractivity contribution in [2.75, 3.05) is 12.4 Å². The fourth-order valence-corrected chi connectivity index (χ4v) is 1.28. The first kappa shape index (κ1) is 14.1. The van der Waals surface area contributed by atoms with Gasteiger partial charge in [0.05, 0.1) is 12.7 Å². The number of nitrogens with one attached hydrogen (secondary N) is 1. The average Bonchev–Trinajstić information content (AvgIpc) is 2.34. The maximum Gasteiger partial charge on any atom is 0.416 e. The van der Waals surface area contributed by atoms with Gasteiger partial charge in [0, 0.05) is 5.69 Å². The Hall–Kier alpha value is -1.98. The van der Waals surface area contributed by atoms with Crippen LogP contribution in [-0.2, 0) is 15.7 Å². The van der Waals surface area contributed by atoms with Crippen molar-refractivity contribution in [3.8, 4) is 0 Å². The SMILES string of the molecule is C=CC(Nc1ccc(C(F)(F)F)cc1)C(=O)OC. The van der Waals surface area contributed by atoms with Crippen LogP contribution < -0.4 is 5.32 Å². The molecule has 0 spiro atoms. The Morgan fingerprint density at radius 3 is 2.33 bits per heavy atom. The smallest absolute Gasteiger partial charge is 0.416 e. The number of hydrogen-bond donors (Lipinski definition) is 1. The molecule has 18 heavy (non-hydrogen) atoms. The van der Waals surface area contributed by atoms with Crippen LogP contribution in [0.5, 0.6) is 0 Å². The van der Waals surface area contributed by atoms with Crippen LogP contribution in [0.1, 0.15) is 5.56 Å². The Kier molecular flexibility index (Phi) is 4.36. The predicted octanol–water partition coefficient (Wildman–Crippen LogP) is 2.84. The summed E-state index contributed by atoms with van der Waals surface area (Å²) in [6.45, 7) is 3.44. The van der Waals surface area contributed by atoms with E-state index in [0.717, 1.165) is 12.1 Å². The molecule has 0 bridgehead atoms. The number of anilines is 1. The Balaban J connectivity index is 2.80. The summed E-state index contributed by atoms with van der Waals surface area (Å²) in [5.41, 5.74) is -0.375. The van der Waals surface area contributed by atoms with Crippen LogP contribution in [0, 0.1) is 0 Å². The second kappa shape index (κ2) is 5.57. The molecule has 98 valence electrons. The van der Waals surface area contributed by atoms with Gasteiger partial charge in [0.25, 0.3) is 0 Å². The van der Waals surface area contributed by atoms with Gasteiger partial charge < -0.3 is 10.1 Å². The van der Waals surface area contributed by atoms with Gasteiger partial charge in [-0.3, -0.25) is 0 Å². The lowest BCUT2D eigenvalue weighted by molar-refractivity contribution is -0.140. The number of carbonyl (C=O) groups excluding carboxylic acids is 1. The topological polar surface area (TPSA) is 38.3 Å².